The van der Waals surface area contributed by atoms with Gasteiger partial charge in [-0.15, -0.1) is 0 Å². The van der Waals surface area contributed by atoms with Crippen LogP contribution in [0.4, 0.5) is 5.69 Å². The summed E-state index contributed by atoms with van der Waals surface area (Å²) in [6.07, 6.45) is 0.535. The van der Waals surface area contributed by atoms with Gasteiger partial charge in [-0.1, -0.05) is 135 Å². The minimum absolute atomic E-state index is 0.397. The number of nitrogens with zero attached hydrogens (tertiary/aromatic N) is 2. The maximum atomic E-state index is 7.35. The average Bonchev–Trinajstić information content (AvgIpc) is 3.49. The van der Waals surface area contributed by atoms with Gasteiger partial charge >= 0.3 is 0 Å². The number of anilines is 1. The van der Waals surface area contributed by atoms with Crippen LogP contribution in [0.25, 0.3) is 0 Å². The largest absolute Gasteiger partial charge is 0.492 e. The summed E-state index contributed by atoms with van der Waals surface area (Å²) < 4.78 is 14.0. The van der Waals surface area contributed by atoms with Gasteiger partial charge in [-0.05, 0) is 54.5 Å². The minimum atomic E-state index is -0.737. The van der Waals surface area contributed by atoms with Crippen molar-refractivity contribution in [3.05, 3.63) is 161 Å². The molecule has 0 spiro atoms. The summed E-state index contributed by atoms with van der Waals surface area (Å²) in [6, 6.07) is 46.1. The van der Waals surface area contributed by atoms with Crippen LogP contribution in [0, 0.1) is 5.92 Å². The molecule has 5 aromatic carbocycles. The summed E-state index contributed by atoms with van der Waals surface area (Å²) in [7, 11) is 0. The van der Waals surface area contributed by atoms with Gasteiger partial charge in [0, 0.05) is 30.3 Å². The second-order valence-electron chi connectivity index (χ2n) is 13.1. The fourth-order valence-corrected chi connectivity index (χ4v) is 7.63. The van der Waals surface area contributed by atoms with Crippen molar-refractivity contribution in [1.29, 1.82) is 0 Å². The first-order valence-electron chi connectivity index (χ1n) is 16.8. The lowest BCUT2D eigenvalue weighted by atomic mass is 9.74. The Balaban J connectivity index is 1.57. The molecule has 4 nitrogen and oxygen atoms in total. The molecule has 46 heavy (non-hydrogen) atoms. The van der Waals surface area contributed by atoms with E-state index in [4.69, 9.17) is 9.47 Å². The van der Waals surface area contributed by atoms with Gasteiger partial charge in [0.15, 0.2) is 12.0 Å². The number of fused-ring (bicyclic) bond motifs is 3. The quantitative estimate of drug-likeness (QED) is 0.156. The highest BCUT2D eigenvalue weighted by molar-refractivity contribution is 5.80. The molecule has 234 valence electrons. The third-order valence-corrected chi connectivity index (χ3v) is 9.54. The zero-order chi connectivity index (χ0) is 31.7. The molecule has 2 aliphatic rings. The summed E-state index contributed by atoms with van der Waals surface area (Å²) in [5.74, 6) is 2.43. The van der Waals surface area contributed by atoms with E-state index in [-0.39, 0.29) is 0 Å². The summed E-state index contributed by atoms with van der Waals surface area (Å²) >= 11 is 0. The van der Waals surface area contributed by atoms with Gasteiger partial charge in [0.1, 0.15) is 17.0 Å². The summed E-state index contributed by atoms with van der Waals surface area (Å²) in [5, 5.41) is 0. The predicted molar refractivity (Wildman–Crippen MR) is 188 cm³/mol. The lowest BCUT2D eigenvalue weighted by molar-refractivity contribution is 0.159. The van der Waals surface area contributed by atoms with Crippen LogP contribution < -0.4 is 14.4 Å². The lowest BCUT2D eigenvalue weighted by Gasteiger charge is -2.47. The van der Waals surface area contributed by atoms with Gasteiger partial charge in [-0.25, -0.2) is 0 Å². The molecule has 0 bridgehead atoms. The van der Waals surface area contributed by atoms with Gasteiger partial charge in [0.05, 0.1) is 6.61 Å². The normalized spacial score (nSPS) is 17.8. The molecule has 0 radical (unpaired) electrons. The van der Waals surface area contributed by atoms with E-state index < -0.39 is 11.8 Å². The second-order valence-corrected chi connectivity index (χ2v) is 13.1. The van der Waals surface area contributed by atoms with Gasteiger partial charge in [-0.2, -0.15) is 0 Å². The smallest absolute Gasteiger partial charge is 0.200 e. The third kappa shape index (κ3) is 5.15. The number of ether oxygens (including phenoxy) is 2. The van der Waals surface area contributed by atoms with Crippen molar-refractivity contribution >= 4 is 5.69 Å². The molecule has 0 N–H and O–H groups in total. The highest BCUT2D eigenvalue weighted by Crippen LogP contribution is 2.60. The van der Waals surface area contributed by atoms with Crippen LogP contribution in [0.2, 0.25) is 0 Å². The standard InChI is InChI=1S/C42H44N2O2/c1-5-45-38-27-33-29-43(28-30(2)3)31(4)26-37(33)40-39(38)44(41(46-40)32-18-10-6-11-19-32)42(34-20-12-7-13-21-34,35-22-14-8-15-23-35)36-24-16-9-17-25-36/h6-25,27,30-31,41H,5,26,28-29H2,1-4H3. The van der Waals surface area contributed by atoms with E-state index in [9.17, 15) is 0 Å². The molecule has 2 aliphatic heterocycles. The molecule has 5 aromatic rings. The maximum Gasteiger partial charge on any atom is 0.200 e. The molecule has 2 heterocycles. The van der Waals surface area contributed by atoms with Crippen LogP contribution in [-0.2, 0) is 18.5 Å². The molecule has 0 saturated carbocycles. The average molecular weight is 609 g/mol. The Bertz CT molecular complexity index is 1660. The molecule has 2 unspecified atom stereocenters. The lowest BCUT2D eigenvalue weighted by Crippen LogP contribution is -2.49. The van der Waals surface area contributed by atoms with Crippen molar-refractivity contribution in [3.8, 4) is 11.5 Å². The number of benzene rings is 5. The molecule has 0 saturated heterocycles. The van der Waals surface area contributed by atoms with Crippen molar-refractivity contribution in [1.82, 2.24) is 4.90 Å². The van der Waals surface area contributed by atoms with E-state index in [1.54, 1.807) is 0 Å². The summed E-state index contributed by atoms with van der Waals surface area (Å²) in [4.78, 5) is 5.13. The van der Waals surface area contributed by atoms with E-state index in [2.05, 4.69) is 165 Å². The highest BCUT2D eigenvalue weighted by atomic mass is 16.5. The molecule has 2 atom stereocenters. The Morgan fingerprint density at radius 3 is 1.80 bits per heavy atom. The van der Waals surface area contributed by atoms with Gasteiger partial charge in [0.25, 0.3) is 0 Å². The summed E-state index contributed by atoms with van der Waals surface area (Å²) in [6.45, 7) is 11.6. The molecule has 0 fully saturated rings. The SMILES string of the molecule is CCOc1cc2c(c3c1N(C(c1ccccc1)(c1ccccc1)c1ccccc1)C(c1ccccc1)O3)CC(C)N(CC(C)C)C2. The molecular weight excluding hydrogens is 564 g/mol. The first-order chi connectivity index (χ1) is 22.5. The molecule has 0 aromatic heterocycles. The van der Waals surface area contributed by atoms with Crippen molar-refractivity contribution in [3.63, 3.8) is 0 Å². The number of hydrogen-bond acceptors (Lipinski definition) is 4. The Kier molecular flexibility index (Phi) is 8.31. The molecule has 0 amide bonds. The van der Waals surface area contributed by atoms with Crippen LogP contribution in [0.1, 0.15) is 67.3 Å². The molecular formula is C42H44N2O2. The van der Waals surface area contributed by atoms with E-state index in [0.29, 0.717) is 18.6 Å². The van der Waals surface area contributed by atoms with Crippen molar-refractivity contribution in [2.24, 2.45) is 5.92 Å². The fourth-order valence-electron chi connectivity index (χ4n) is 7.63. The highest BCUT2D eigenvalue weighted by Gasteiger charge is 2.52. The van der Waals surface area contributed by atoms with Crippen LogP contribution in [-0.4, -0.2) is 24.1 Å². The van der Waals surface area contributed by atoms with E-state index in [1.165, 1.54) is 27.8 Å². The predicted octanol–water partition coefficient (Wildman–Crippen LogP) is 9.38. The van der Waals surface area contributed by atoms with E-state index >= 15 is 0 Å². The Labute approximate surface area is 274 Å². The summed E-state index contributed by atoms with van der Waals surface area (Å²) in [5.41, 5.74) is 7.50. The molecule has 4 heteroatoms. The topological polar surface area (TPSA) is 24.9 Å². The Hall–Kier alpha value is -4.54. The number of rotatable bonds is 9. The fraction of sp³-hybridized carbons (Fsp3) is 0.286. The number of hydrogen-bond donors (Lipinski definition) is 0. The first-order valence-corrected chi connectivity index (χ1v) is 16.8. The van der Waals surface area contributed by atoms with Gasteiger partial charge in [-0.3, -0.25) is 4.90 Å². The Morgan fingerprint density at radius 1 is 0.783 bits per heavy atom. The van der Waals surface area contributed by atoms with Crippen molar-refractivity contribution in [2.45, 2.75) is 58.5 Å². The maximum absolute atomic E-state index is 7.35. The molecule has 7 rings (SSSR count). The van der Waals surface area contributed by atoms with Crippen LogP contribution in [0.3, 0.4) is 0 Å². The first kappa shape index (κ1) is 30.1. The van der Waals surface area contributed by atoms with Gasteiger partial charge in [0.2, 0.25) is 0 Å². The molecule has 0 aliphatic carbocycles. The monoisotopic (exact) mass is 608 g/mol. The minimum Gasteiger partial charge on any atom is -0.492 e. The zero-order valence-corrected chi connectivity index (χ0v) is 27.4. The van der Waals surface area contributed by atoms with E-state index in [1.807, 2.05) is 0 Å². The van der Waals surface area contributed by atoms with Crippen molar-refractivity contribution in [2.75, 3.05) is 18.1 Å². The van der Waals surface area contributed by atoms with E-state index in [0.717, 1.165) is 42.3 Å². The van der Waals surface area contributed by atoms with Crippen molar-refractivity contribution < 1.29 is 9.47 Å². The third-order valence-electron chi connectivity index (χ3n) is 9.54. The second kappa shape index (κ2) is 12.7. The van der Waals surface area contributed by atoms with Crippen LogP contribution in [0.15, 0.2) is 127 Å². The Morgan fingerprint density at radius 2 is 1.30 bits per heavy atom. The van der Waals surface area contributed by atoms with Crippen LogP contribution >= 0.6 is 0 Å². The zero-order valence-electron chi connectivity index (χ0n) is 27.4. The van der Waals surface area contributed by atoms with Crippen LogP contribution in [0.5, 0.6) is 11.5 Å². The van der Waals surface area contributed by atoms with Gasteiger partial charge < -0.3 is 14.4 Å².